The molecule has 2 rings (SSSR count). The number of likely N-dealkylation sites (tertiary alicyclic amines) is 1. The summed E-state index contributed by atoms with van der Waals surface area (Å²) in [5.41, 5.74) is 0. The predicted octanol–water partition coefficient (Wildman–Crippen LogP) is 3.28. The second kappa shape index (κ2) is 6.91. The zero-order valence-corrected chi connectivity index (χ0v) is 12.6. The van der Waals surface area contributed by atoms with Crippen LogP contribution >= 0.6 is 0 Å². The molecule has 0 aromatic heterocycles. The molecule has 2 aliphatic rings. The predicted molar refractivity (Wildman–Crippen MR) is 78.9 cm³/mol. The highest BCUT2D eigenvalue weighted by molar-refractivity contribution is 4.85. The van der Waals surface area contributed by atoms with Crippen LogP contribution in [-0.4, -0.2) is 36.6 Å². The molecule has 18 heavy (non-hydrogen) atoms. The summed E-state index contributed by atoms with van der Waals surface area (Å²) in [5, 5.41) is 3.86. The van der Waals surface area contributed by atoms with E-state index in [0.717, 1.165) is 23.9 Å². The molecule has 2 fully saturated rings. The van der Waals surface area contributed by atoms with Crippen LogP contribution in [0, 0.1) is 11.8 Å². The highest BCUT2D eigenvalue weighted by Gasteiger charge is 2.27. The molecule has 0 aromatic rings. The fourth-order valence-electron chi connectivity index (χ4n) is 3.78. The molecule has 3 unspecified atom stereocenters. The third-order valence-corrected chi connectivity index (χ3v) is 5.11. The zero-order valence-electron chi connectivity index (χ0n) is 12.6. The summed E-state index contributed by atoms with van der Waals surface area (Å²) in [6.45, 7) is 11.0. The Morgan fingerprint density at radius 2 is 1.89 bits per heavy atom. The van der Waals surface area contributed by atoms with Crippen LogP contribution in [0.3, 0.4) is 0 Å². The van der Waals surface area contributed by atoms with Crippen LogP contribution in [0.1, 0.15) is 59.3 Å². The zero-order chi connectivity index (χ0) is 13.0. The monoisotopic (exact) mass is 252 g/mol. The van der Waals surface area contributed by atoms with Gasteiger partial charge in [0.1, 0.15) is 0 Å². The van der Waals surface area contributed by atoms with Crippen LogP contribution in [0.2, 0.25) is 0 Å². The molecule has 0 amide bonds. The third kappa shape index (κ3) is 3.71. The van der Waals surface area contributed by atoms with Crippen LogP contribution in [0.4, 0.5) is 0 Å². The molecule has 1 aliphatic carbocycles. The number of hydrogen-bond donors (Lipinski definition) is 1. The average molecular weight is 252 g/mol. The minimum absolute atomic E-state index is 0.758. The summed E-state index contributed by atoms with van der Waals surface area (Å²) in [5.74, 6) is 1.77. The van der Waals surface area contributed by atoms with Crippen molar-refractivity contribution in [1.29, 1.82) is 0 Å². The summed E-state index contributed by atoms with van der Waals surface area (Å²) in [6, 6.07) is 1.56. The minimum atomic E-state index is 0.758. The summed E-state index contributed by atoms with van der Waals surface area (Å²) in [7, 11) is 0. The lowest BCUT2D eigenvalue weighted by Gasteiger charge is -2.32. The molecule has 3 atom stereocenters. The molecule has 2 nitrogen and oxygen atoms in total. The first-order valence-electron chi connectivity index (χ1n) is 8.18. The van der Waals surface area contributed by atoms with Gasteiger partial charge < -0.3 is 5.32 Å². The molecule has 1 N–H and O–H groups in total. The summed E-state index contributed by atoms with van der Waals surface area (Å²) in [6.07, 6.45) is 8.46. The molecular formula is C16H32N2. The van der Waals surface area contributed by atoms with Crippen molar-refractivity contribution in [1.82, 2.24) is 10.2 Å². The Hall–Kier alpha value is -0.0800. The second-order valence-corrected chi connectivity index (χ2v) is 6.75. The lowest BCUT2D eigenvalue weighted by Crippen LogP contribution is -2.46. The van der Waals surface area contributed by atoms with Gasteiger partial charge in [-0.05, 0) is 57.0 Å². The van der Waals surface area contributed by atoms with Crippen LogP contribution in [0.15, 0.2) is 0 Å². The Kier molecular flexibility index (Phi) is 5.50. The van der Waals surface area contributed by atoms with Gasteiger partial charge in [0.2, 0.25) is 0 Å². The fraction of sp³-hybridized carbons (Fsp3) is 1.00. The van der Waals surface area contributed by atoms with Crippen molar-refractivity contribution in [2.24, 2.45) is 11.8 Å². The number of rotatable bonds is 6. The summed E-state index contributed by atoms with van der Waals surface area (Å²) < 4.78 is 0. The van der Waals surface area contributed by atoms with E-state index in [-0.39, 0.29) is 0 Å². The van der Waals surface area contributed by atoms with Gasteiger partial charge in [0.25, 0.3) is 0 Å². The Morgan fingerprint density at radius 3 is 2.44 bits per heavy atom. The molecule has 2 heteroatoms. The van der Waals surface area contributed by atoms with Gasteiger partial charge in [-0.3, -0.25) is 4.90 Å². The maximum Gasteiger partial charge on any atom is 0.0243 e. The quantitative estimate of drug-likeness (QED) is 0.780. The lowest BCUT2D eigenvalue weighted by atomic mass is 10.0. The van der Waals surface area contributed by atoms with E-state index in [2.05, 4.69) is 31.0 Å². The highest BCUT2D eigenvalue weighted by Crippen LogP contribution is 2.28. The lowest BCUT2D eigenvalue weighted by molar-refractivity contribution is 0.182. The van der Waals surface area contributed by atoms with Gasteiger partial charge in [-0.2, -0.15) is 0 Å². The Morgan fingerprint density at radius 1 is 1.17 bits per heavy atom. The minimum Gasteiger partial charge on any atom is -0.312 e. The van der Waals surface area contributed by atoms with E-state index in [1.54, 1.807) is 0 Å². The van der Waals surface area contributed by atoms with Crippen molar-refractivity contribution in [2.45, 2.75) is 71.4 Å². The maximum absolute atomic E-state index is 3.86. The Balaban J connectivity index is 1.75. The van der Waals surface area contributed by atoms with Crippen LogP contribution < -0.4 is 5.32 Å². The van der Waals surface area contributed by atoms with Crippen molar-refractivity contribution in [3.63, 3.8) is 0 Å². The standard InChI is InChI=1S/C16H32N2/c1-4-14-7-8-15(11-14)17-12-16(13(2)3)18-9-5-6-10-18/h13-17H,4-12H2,1-3H3. The molecule has 0 spiro atoms. The van der Waals surface area contributed by atoms with Gasteiger partial charge in [0.15, 0.2) is 0 Å². The van der Waals surface area contributed by atoms with E-state index < -0.39 is 0 Å². The van der Waals surface area contributed by atoms with Crippen LogP contribution in [-0.2, 0) is 0 Å². The van der Waals surface area contributed by atoms with Crippen molar-refractivity contribution >= 4 is 0 Å². The van der Waals surface area contributed by atoms with E-state index in [1.807, 2.05) is 0 Å². The van der Waals surface area contributed by atoms with Crippen molar-refractivity contribution in [3.05, 3.63) is 0 Å². The van der Waals surface area contributed by atoms with E-state index >= 15 is 0 Å². The fourth-order valence-corrected chi connectivity index (χ4v) is 3.78. The largest absolute Gasteiger partial charge is 0.312 e. The number of hydrogen-bond acceptors (Lipinski definition) is 2. The number of nitrogens with zero attached hydrogens (tertiary/aromatic N) is 1. The smallest absolute Gasteiger partial charge is 0.0243 e. The molecular weight excluding hydrogens is 220 g/mol. The maximum atomic E-state index is 3.86. The first-order valence-corrected chi connectivity index (χ1v) is 8.18. The number of nitrogens with one attached hydrogen (secondary N) is 1. The molecule has 0 radical (unpaired) electrons. The molecule has 1 aliphatic heterocycles. The third-order valence-electron chi connectivity index (χ3n) is 5.11. The second-order valence-electron chi connectivity index (χ2n) is 6.75. The van der Waals surface area contributed by atoms with Crippen LogP contribution in [0.5, 0.6) is 0 Å². The average Bonchev–Trinajstić information content (AvgIpc) is 2.99. The van der Waals surface area contributed by atoms with E-state index in [0.29, 0.717) is 0 Å². The highest BCUT2D eigenvalue weighted by atomic mass is 15.2. The van der Waals surface area contributed by atoms with E-state index in [1.165, 1.54) is 58.2 Å². The van der Waals surface area contributed by atoms with Gasteiger partial charge in [0, 0.05) is 18.6 Å². The van der Waals surface area contributed by atoms with E-state index in [9.17, 15) is 0 Å². The topological polar surface area (TPSA) is 15.3 Å². The molecule has 0 bridgehead atoms. The van der Waals surface area contributed by atoms with Crippen molar-refractivity contribution < 1.29 is 0 Å². The van der Waals surface area contributed by atoms with Gasteiger partial charge in [-0.25, -0.2) is 0 Å². The van der Waals surface area contributed by atoms with Gasteiger partial charge in [-0.1, -0.05) is 27.2 Å². The summed E-state index contributed by atoms with van der Waals surface area (Å²) in [4.78, 5) is 2.71. The summed E-state index contributed by atoms with van der Waals surface area (Å²) >= 11 is 0. The van der Waals surface area contributed by atoms with Gasteiger partial charge >= 0.3 is 0 Å². The molecule has 106 valence electrons. The van der Waals surface area contributed by atoms with Gasteiger partial charge in [-0.15, -0.1) is 0 Å². The SMILES string of the molecule is CCC1CCC(NCC(C(C)C)N2CCCC2)C1. The normalized spacial score (nSPS) is 31.3. The first-order chi connectivity index (χ1) is 8.70. The molecule has 0 aromatic carbocycles. The molecule has 1 saturated carbocycles. The van der Waals surface area contributed by atoms with E-state index in [4.69, 9.17) is 0 Å². The Bertz CT molecular complexity index is 233. The first kappa shape index (κ1) is 14.3. The van der Waals surface area contributed by atoms with Gasteiger partial charge in [0.05, 0.1) is 0 Å². The Labute approximate surface area is 114 Å². The molecule has 1 heterocycles. The molecule has 1 saturated heterocycles. The van der Waals surface area contributed by atoms with Crippen molar-refractivity contribution in [3.8, 4) is 0 Å². The van der Waals surface area contributed by atoms with Crippen LogP contribution in [0.25, 0.3) is 0 Å². The van der Waals surface area contributed by atoms with Crippen molar-refractivity contribution in [2.75, 3.05) is 19.6 Å².